The standard InChI is InChI=1S/C11H16BrN3O4S/c1-8-6-10(9(12)7-11(8)15(16)17)13-4-5-20(18,19)14(2)3/h6-7,13H,4-5H2,1-3H3. The van der Waals surface area contributed by atoms with Gasteiger partial charge in [-0.2, -0.15) is 0 Å². The number of hydrogen-bond donors (Lipinski definition) is 1. The highest BCUT2D eigenvalue weighted by Crippen LogP contribution is 2.30. The van der Waals surface area contributed by atoms with Crippen LogP contribution < -0.4 is 5.32 Å². The molecular weight excluding hydrogens is 350 g/mol. The van der Waals surface area contributed by atoms with Gasteiger partial charge in [0.1, 0.15) is 0 Å². The molecule has 20 heavy (non-hydrogen) atoms. The molecule has 1 aromatic rings. The molecule has 1 rings (SSSR count). The minimum absolute atomic E-state index is 0.0170. The van der Waals surface area contributed by atoms with E-state index in [4.69, 9.17) is 0 Å². The van der Waals surface area contributed by atoms with Crippen LogP contribution in [0, 0.1) is 17.0 Å². The highest BCUT2D eigenvalue weighted by atomic mass is 79.9. The van der Waals surface area contributed by atoms with Crippen molar-refractivity contribution in [3.05, 3.63) is 32.3 Å². The number of anilines is 1. The maximum Gasteiger partial charge on any atom is 0.273 e. The number of nitro groups is 1. The van der Waals surface area contributed by atoms with Gasteiger partial charge < -0.3 is 5.32 Å². The van der Waals surface area contributed by atoms with E-state index in [9.17, 15) is 18.5 Å². The SMILES string of the molecule is Cc1cc(NCCS(=O)(=O)N(C)C)c(Br)cc1[N+](=O)[O-]. The molecule has 0 saturated carbocycles. The minimum Gasteiger partial charge on any atom is -0.383 e. The fraction of sp³-hybridized carbons (Fsp3) is 0.455. The van der Waals surface area contributed by atoms with E-state index in [1.807, 2.05) is 0 Å². The van der Waals surface area contributed by atoms with Crippen LogP contribution in [0.2, 0.25) is 0 Å². The zero-order valence-corrected chi connectivity index (χ0v) is 13.8. The Hall–Kier alpha value is -1.19. The zero-order valence-electron chi connectivity index (χ0n) is 11.4. The summed E-state index contributed by atoms with van der Waals surface area (Å²) in [5.74, 6) is -0.0531. The molecule has 0 radical (unpaired) electrons. The predicted octanol–water partition coefficient (Wildman–Crippen LogP) is 1.97. The maximum absolute atomic E-state index is 11.6. The summed E-state index contributed by atoms with van der Waals surface area (Å²) in [6.45, 7) is 1.85. The number of halogens is 1. The molecule has 0 aromatic heterocycles. The summed E-state index contributed by atoms with van der Waals surface area (Å²) in [6.07, 6.45) is 0. The largest absolute Gasteiger partial charge is 0.383 e. The highest BCUT2D eigenvalue weighted by Gasteiger charge is 2.16. The van der Waals surface area contributed by atoms with Crippen LogP contribution in [-0.2, 0) is 10.0 Å². The van der Waals surface area contributed by atoms with Crippen LogP contribution in [0.5, 0.6) is 0 Å². The van der Waals surface area contributed by atoms with E-state index >= 15 is 0 Å². The van der Waals surface area contributed by atoms with Gasteiger partial charge >= 0.3 is 0 Å². The van der Waals surface area contributed by atoms with E-state index < -0.39 is 14.9 Å². The minimum atomic E-state index is -3.27. The van der Waals surface area contributed by atoms with E-state index in [0.29, 0.717) is 15.7 Å². The molecule has 0 amide bonds. The van der Waals surface area contributed by atoms with Crippen molar-refractivity contribution in [2.45, 2.75) is 6.92 Å². The lowest BCUT2D eigenvalue weighted by Gasteiger charge is -2.13. The molecule has 0 heterocycles. The number of benzene rings is 1. The topological polar surface area (TPSA) is 92.6 Å². The molecule has 0 atom stereocenters. The Labute approximate surface area is 126 Å². The van der Waals surface area contributed by atoms with Crippen molar-refractivity contribution >= 4 is 37.3 Å². The first-order valence-corrected chi connectivity index (χ1v) is 8.14. The van der Waals surface area contributed by atoms with Crippen molar-refractivity contribution in [2.24, 2.45) is 0 Å². The van der Waals surface area contributed by atoms with E-state index in [1.54, 1.807) is 13.0 Å². The summed E-state index contributed by atoms with van der Waals surface area (Å²) in [6, 6.07) is 3.02. The van der Waals surface area contributed by atoms with Gasteiger partial charge in [-0.05, 0) is 28.9 Å². The van der Waals surface area contributed by atoms with Gasteiger partial charge in [-0.25, -0.2) is 12.7 Å². The number of sulfonamides is 1. The van der Waals surface area contributed by atoms with E-state index in [-0.39, 0.29) is 18.0 Å². The lowest BCUT2D eigenvalue weighted by atomic mass is 10.2. The lowest BCUT2D eigenvalue weighted by molar-refractivity contribution is -0.385. The highest BCUT2D eigenvalue weighted by molar-refractivity contribution is 9.10. The zero-order chi connectivity index (χ0) is 15.5. The van der Waals surface area contributed by atoms with Gasteiger partial charge in [0.05, 0.1) is 10.7 Å². The van der Waals surface area contributed by atoms with Gasteiger partial charge in [0.15, 0.2) is 0 Å². The quantitative estimate of drug-likeness (QED) is 0.614. The first kappa shape index (κ1) is 16.9. The van der Waals surface area contributed by atoms with Crippen LogP contribution >= 0.6 is 15.9 Å². The van der Waals surface area contributed by atoms with Crippen LogP contribution in [0.1, 0.15) is 5.56 Å². The molecule has 0 spiro atoms. The van der Waals surface area contributed by atoms with Crippen LogP contribution in [0.25, 0.3) is 0 Å². The van der Waals surface area contributed by atoms with Crippen molar-refractivity contribution in [3.8, 4) is 0 Å². The Balaban J connectivity index is 2.80. The third kappa shape index (κ3) is 4.15. The number of hydrogen-bond acceptors (Lipinski definition) is 5. The molecular formula is C11H16BrN3O4S. The molecule has 0 saturated heterocycles. The molecule has 1 N–H and O–H groups in total. The molecule has 1 aromatic carbocycles. The van der Waals surface area contributed by atoms with Crippen LogP contribution in [0.3, 0.4) is 0 Å². The summed E-state index contributed by atoms with van der Waals surface area (Å²) >= 11 is 3.23. The van der Waals surface area contributed by atoms with Gasteiger partial charge in [0.2, 0.25) is 10.0 Å². The summed E-state index contributed by atoms with van der Waals surface area (Å²) in [5.41, 5.74) is 1.15. The van der Waals surface area contributed by atoms with Crippen molar-refractivity contribution in [1.29, 1.82) is 0 Å². The van der Waals surface area contributed by atoms with Crippen LogP contribution in [0.4, 0.5) is 11.4 Å². The van der Waals surface area contributed by atoms with Crippen molar-refractivity contribution in [2.75, 3.05) is 31.7 Å². The second kappa shape index (κ2) is 6.51. The van der Waals surface area contributed by atoms with E-state index in [2.05, 4.69) is 21.2 Å². The Kier molecular flexibility index (Phi) is 5.49. The molecule has 112 valence electrons. The first-order chi connectivity index (χ1) is 9.15. The van der Waals surface area contributed by atoms with Gasteiger partial charge in [-0.3, -0.25) is 10.1 Å². The van der Waals surface area contributed by atoms with E-state index in [0.717, 1.165) is 4.31 Å². The fourth-order valence-corrected chi connectivity index (χ4v) is 2.70. The summed E-state index contributed by atoms with van der Waals surface area (Å²) in [4.78, 5) is 10.3. The third-order valence-corrected chi connectivity index (χ3v) is 5.20. The van der Waals surface area contributed by atoms with Crippen molar-refractivity contribution in [3.63, 3.8) is 0 Å². The smallest absolute Gasteiger partial charge is 0.273 e. The molecule has 0 aliphatic heterocycles. The summed E-state index contributed by atoms with van der Waals surface area (Å²) in [5, 5.41) is 13.7. The number of aryl methyl sites for hydroxylation is 1. The summed E-state index contributed by atoms with van der Waals surface area (Å²) < 4.78 is 24.9. The van der Waals surface area contributed by atoms with Gasteiger partial charge in [-0.15, -0.1) is 0 Å². The molecule has 7 nitrogen and oxygen atoms in total. The Morgan fingerprint density at radius 2 is 2.00 bits per heavy atom. The number of rotatable bonds is 6. The number of nitrogens with zero attached hydrogens (tertiary/aromatic N) is 2. The fourth-order valence-electron chi connectivity index (χ4n) is 1.50. The monoisotopic (exact) mass is 365 g/mol. The average molecular weight is 366 g/mol. The second-order valence-electron chi connectivity index (χ2n) is 4.40. The molecule has 9 heteroatoms. The summed E-state index contributed by atoms with van der Waals surface area (Å²) in [7, 11) is -0.319. The molecule has 0 aliphatic rings. The molecule has 0 bridgehead atoms. The molecule has 0 unspecified atom stereocenters. The number of nitro benzene ring substituents is 1. The molecule has 0 aliphatic carbocycles. The second-order valence-corrected chi connectivity index (χ2v) is 7.56. The predicted molar refractivity (Wildman–Crippen MR) is 81.5 cm³/mol. The number of nitrogens with one attached hydrogen (secondary N) is 1. The Morgan fingerprint density at radius 1 is 1.40 bits per heavy atom. The first-order valence-electron chi connectivity index (χ1n) is 5.74. The molecule has 0 fully saturated rings. The van der Waals surface area contributed by atoms with Gasteiger partial charge in [0, 0.05) is 42.4 Å². The van der Waals surface area contributed by atoms with Crippen molar-refractivity contribution in [1.82, 2.24) is 4.31 Å². The van der Waals surface area contributed by atoms with Gasteiger partial charge in [0.25, 0.3) is 5.69 Å². The maximum atomic E-state index is 11.6. The van der Waals surface area contributed by atoms with Crippen molar-refractivity contribution < 1.29 is 13.3 Å². The Bertz CT molecular complexity index is 616. The Morgan fingerprint density at radius 3 is 2.50 bits per heavy atom. The lowest BCUT2D eigenvalue weighted by Crippen LogP contribution is -2.28. The van der Waals surface area contributed by atoms with Crippen LogP contribution in [-0.4, -0.2) is 44.0 Å². The third-order valence-electron chi connectivity index (χ3n) is 2.71. The normalized spacial score (nSPS) is 11.7. The van der Waals surface area contributed by atoms with E-state index in [1.165, 1.54) is 20.2 Å². The average Bonchev–Trinajstić information content (AvgIpc) is 2.32. The van der Waals surface area contributed by atoms with Crippen LogP contribution in [0.15, 0.2) is 16.6 Å². The van der Waals surface area contributed by atoms with Gasteiger partial charge in [-0.1, -0.05) is 0 Å².